The zero-order chi connectivity index (χ0) is 25.9. The molecule has 2 aromatic heterocycles. The van der Waals surface area contributed by atoms with Crippen molar-refractivity contribution in [2.45, 2.75) is 39.3 Å². The van der Waals surface area contributed by atoms with Gasteiger partial charge in [-0.2, -0.15) is 0 Å². The van der Waals surface area contributed by atoms with Gasteiger partial charge < -0.3 is 29.0 Å². The van der Waals surface area contributed by atoms with E-state index in [1.54, 1.807) is 18.1 Å². The first-order chi connectivity index (χ1) is 17.9. The van der Waals surface area contributed by atoms with Crippen molar-refractivity contribution in [1.82, 2.24) is 14.9 Å². The van der Waals surface area contributed by atoms with E-state index in [0.717, 1.165) is 52.1 Å². The SMILES string of the molecule is COc1ccc2cc(CN(C[C@H]3CCCO3)C(=O)c3cc(C)c(C)[nH]c3=O)c(N3CCOCC3)nc2c1. The van der Waals surface area contributed by atoms with Crippen LogP contribution in [0.5, 0.6) is 5.75 Å². The highest BCUT2D eigenvalue weighted by atomic mass is 16.5. The largest absolute Gasteiger partial charge is 0.497 e. The number of hydrogen-bond acceptors (Lipinski definition) is 7. The maximum Gasteiger partial charge on any atom is 0.261 e. The van der Waals surface area contributed by atoms with Gasteiger partial charge in [-0.3, -0.25) is 9.59 Å². The molecule has 0 radical (unpaired) electrons. The number of aromatic nitrogens is 2. The van der Waals surface area contributed by atoms with Crippen molar-refractivity contribution in [2.24, 2.45) is 0 Å². The van der Waals surface area contributed by atoms with Crippen LogP contribution in [-0.2, 0) is 16.0 Å². The molecule has 0 spiro atoms. The number of rotatable bonds is 7. The van der Waals surface area contributed by atoms with Crippen molar-refractivity contribution >= 4 is 22.6 Å². The number of fused-ring (bicyclic) bond motifs is 1. The van der Waals surface area contributed by atoms with Crippen molar-refractivity contribution in [3.05, 3.63) is 63.1 Å². The topological polar surface area (TPSA) is 97.0 Å². The van der Waals surface area contributed by atoms with E-state index in [4.69, 9.17) is 19.2 Å². The number of morpholine rings is 1. The standard InChI is InChI=1S/C28H34N4O5/c1-18-13-24(27(33)29-19(18)2)28(34)32(17-23-5-4-10-37-23)16-21-14-20-6-7-22(35-3)15-25(20)30-26(21)31-8-11-36-12-9-31/h6-7,13-15,23H,4-5,8-12,16-17H2,1-3H3,(H,29,33)/t23-/m1/s1. The minimum Gasteiger partial charge on any atom is -0.497 e. The summed E-state index contributed by atoms with van der Waals surface area (Å²) in [4.78, 5) is 38.4. The summed E-state index contributed by atoms with van der Waals surface area (Å²) in [7, 11) is 1.64. The number of anilines is 1. The van der Waals surface area contributed by atoms with Crippen LogP contribution in [0.2, 0.25) is 0 Å². The maximum absolute atomic E-state index is 13.8. The third-order valence-corrected chi connectivity index (χ3v) is 7.22. The Labute approximate surface area is 216 Å². The molecule has 2 aliphatic rings. The Bertz CT molecular complexity index is 1340. The van der Waals surface area contributed by atoms with Gasteiger partial charge in [-0.15, -0.1) is 0 Å². The predicted octanol–water partition coefficient (Wildman–Crippen LogP) is 3.21. The highest BCUT2D eigenvalue weighted by molar-refractivity contribution is 5.94. The number of hydrogen-bond donors (Lipinski definition) is 1. The Morgan fingerprint density at radius 1 is 1.19 bits per heavy atom. The third-order valence-electron chi connectivity index (χ3n) is 7.22. The lowest BCUT2D eigenvalue weighted by Crippen LogP contribution is -2.41. The molecule has 2 aliphatic heterocycles. The van der Waals surface area contributed by atoms with Crippen molar-refractivity contribution in [2.75, 3.05) is 51.5 Å². The van der Waals surface area contributed by atoms with Crippen LogP contribution in [0.25, 0.3) is 10.9 Å². The fraction of sp³-hybridized carbons (Fsp3) is 0.464. The monoisotopic (exact) mass is 506 g/mol. The molecule has 2 fully saturated rings. The van der Waals surface area contributed by atoms with Crippen molar-refractivity contribution < 1.29 is 19.0 Å². The molecule has 196 valence electrons. The van der Waals surface area contributed by atoms with Gasteiger partial charge in [0.25, 0.3) is 11.5 Å². The minimum absolute atomic E-state index is 0.0564. The summed E-state index contributed by atoms with van der Waals surface area (Å²) >= 11 is 0. The van der Waals surface area contributed by atoms with Crippen LogP contribution in [-0.4, -0.2) is 73.4 Å². The van der Waals surface area contributed by atoms with Crippen LogP contribution in [0.1, 0.15) is 40.0 Å². The molecule has 0 aliphatic carbocycles. The number of nitrogens with zero attached hydrogens (tertiary/aromatic N) is 3. The van der Waals surface area contributed by atoms with Gasteiger partial charge in [0, 0.05) is 55.5 Å². The van der Waals surface area contributed by atoms with Gasteiger partial charge in [0.1, 0.15) is 17.1 Å². The number of nitrogens with one attached hydrogen (secondary N) is 1. The molecule has 0 saturated carbocycles. The minimum atomic E-state index is -0.373. The summed E-state index contributed by atoms with van der Waals surface area (Å²) in [6.07, 6.45) is 1.80. The number of aryl methyl sites for hydroxylation is 2. The number of methoxy groups -OCH3 is 1. The summed E-state index contributed by atoms with van der Waals surface area (Å²) in [5.41, 5.74) is 3.15. The highest BCUT2D eigenvalue weighted by Gasteiger charge is 2.28. The lowest BCUT2D eigenvalue weighted by atomic mass is 10.1. The first kappa shape index (κ1) is 25.2. The van der Waals surface area contributed by atoms with Gasteiger partial charge >= 0.3 is 0 Å². The van der Waals surface area contributed by atoms with Crippen LogP contribution in [0.3, 0.4) is 0 Å². The second-order valence-electron chi connectivity index (χ2n) is 9.77. The lowest BCUT2D eigenvalue weighted by molar-refractivity contribution is 0.0505. The zero-order valence-electron chi connectivity index (χ0n) is 21.7. The summed E-state index contributed by atoms with van der Waals surface area (Å²) in [6.45, 7) is 7.81. The van der Waals surface area contributed by atoms with Gasteiger partial charge in [-0.1, -0.05) is 0 Å². The van der Waals surface area contributed by atoms with Gasteiger partial charge in [0.05, 0.1) is 31.9 Å². The number of benzene rings is 1. The van der Waals surface area contributed by atoms with Crippen LogP contribution in [0, 0.1) is 13.8 Å². The molecular weight excluding hydrogens is 472 g/mol. The molecule has 5 rings (SSSR count). The Morgan fingerprint density at radius 3 is 2.73 bits per heavy atom. The molecule has 9 heteroatoms. The van der Waals surface area contributed by atoms with E-state index in [2.05, 4.69) is 16.0 Å². The second kappa shape index (κ2) is 10.9. The normalized spacial score (nSPS) is 17.8. The first-order valence-electron chi connectivity index (χ1n) is 12.8. The molecule has 1 atom stereocenters. The third kappa shape index (κ3) is 5.47. The molecule has 1 N–H and O–H groups in total. The van der Waals surface area contributed by atoms with Gasteiger partial charge in [0.15, 0.2) is 0 Å². The molecule has 0 bridgehead atoms. The van der Waals surface area contributed by atoms with Gasteiger partial charge in [0.2, 0.25) is 0 Å². The Morgan fingerprint density at radius 2 is 2.00 bits per heavy atom. The van der Waals surface area contributed by atoms with E-state index >= 15 is 0 Å². The average molecular weight is 507 g/mol. The van der Waals surface area contributed by atoms with Crippen molar-refractivity contribution in [3.63, 3.8) is 0 Å². The van der Waals surface area contributed by atoms with Crippen molar-refractivity contribution in [3.8, 4) is 5.75 Å². The summed E-state index contributed by atoms with van der Waals surface area (Å²) in [6, 6.07) is 9.59. The molecule has 0 unspecified atom stereocenters. The number of carbonyl (C=O) groups excluding carboxylic acids is 1. The summed E-state index contributed by atoms with van der Waals surface area (Å²) in [5.74, 6) is 1.26. The van der Waals surface area contributed by atoms with Crippen molar-refractivity contribution in [1.29, 1.82) is 0 Å². The number of H-pyrrole nitrogens is 1. The predicted molar refractivity (Wildman–Crippen MR) is 142 cm³/mol. The van der Waals surface area contributed by atoms with Crippen LogP contribution >= 0.6 is 0 Å². The number of carbonyl (C=O) groups is 1. The van der Waals surface area contributed by atoms with E-state index in [1.807, 2.05) is 32.0 Å². The molecule has 1 aromatic carbocycles. The zero-order valence-corrected chi connectivity index (χ0v) is 21.7. The summed E-state index contributed by atoms with van der Waals surface area (Å²) < 4.78 is 16.9. The molecular formula is C28H34N4O5. The van der Waals surface area contributed by atoms with Crippen LogP contribution in [0.15, 0.2) is 35.1 Å². The highest BCUT2D eigenvalue weighted by Crippen LogP contribution is 2.29. The van der Waals surface area contributed by atoms with E-state index in [0.29, 0.717) is 46.0 Å². The number of pyridine rings is 2. The summed E-state index contributed by atoms with van der Waals surface area (Å²) in [5, 5.41) is 0.960. The quantitative estimate of drug-likeness (QED) is 0.526. The lowest BCUT2D eigenvalue weighted by Gasteiger charge is -2.32. The van der Waals surface area contributed by atoms with E-state index in [9.17, 15) is 9.59 Å². The van der Waals surface area contributed by atoms with Crippen LogP contribution < -0.4 is 15.2 Å². The molecule has 2 saturated heterocycles. The molecule has 9 nitrogen and oxygen atoms in total. The Kier molecular flexibility index (Phi) is 7.43. The number of amides is 1. The van der Waals surface area contributed by atoms with E-state index in [-0.39, 0.29) is 23.1 Å². The Balaban J connectivity index is 1.56. The van der Waals surface area contributed by atoms with Gasteiger partial charge in [-0.25, -0.2) is 4.98 Å². The fourth-order valence-electron chi connectivity index (χ4n) is 4.99. The average Bonchev–Trinajstić information content (AvgIpc) is 3.43. The fourth-order valence-corrected chi connectivity index (χ4v) is 4.99. The number of aromatic amines is 1. The maximum atomic E-state index is 13.8. The molecule has 4 heterocycles. The molecule has 3 aromatic rings. The number of ether oxygens (including phenoxy) is 3. The molecule has 1 amide bonds. The van der Waals surface area contributed by atoms with Gasteiger partial charge in [-0.05, 0) is 56.5 Å². The molecule has 37 heavy (non-hydrogen) atoms. The smallest absolute Gasteiger partial charge is 0.261 e. The van der Waals surface area contributed by atoms with E-state index in [1.165, 1.54) is 0 Å². The second-order valence-corrected chi connectivity index (χ2v) is 9.77. The Hall–Kier alpha value is -3.43. The van der Waals surface area contributed by atoms with Crippen LogP contribution in [0.4, 0.5) is 5.82 Å². The first-order valence-corrected chi connectivity index (χ1v) is 12.8. The van der Waals surface area contributed by atoms with E-state index < -0.39 is 0 Å².